The number of carbonyl (C=O) groups excluding carboxylic acids is 1. The molecule has 0 saturated heterocycles. The summed E-state index contributed by atoms with van der Waals surface area (Å²) in [6.07, 6.45) is 0.919. The maximum absolute atomic E-state index is 12.6. The first-order valence-corrected chi connectivity index (χ1v) is 9.32. The number of aromatic nitrogens is 4. The molecule has 2 heterocycles. The van der Waals surface area contributed by atoms with Gasteiger partial charge in [0.2, 0.25) is 0 Å². The van der Waals surface area contributed by atoms with E-state index < -0.39 is 6.10 Å². The van der Waals surface area contributed by atoms with E-state index in [9.17, 15) is 4.79 Å². The van der Waals surface area contributed by atoms with Gasteiger partial charge in [0.1, 0.15) is 12.1 Å². The molecule has 2 aromatic carbocycles. The van der Waals surface area contributed by atoms with Gasteiger partial charge in [-0.05, 0) is 62.2 Å². The predicted octanol–water partition coefficient (Wildman–Crippen LogP) is 3.81. The lowest BCUT2D eigenvalue weighted by atomic mass is 10.1. The topological polar surface area (TPSA) is 81.4 Å². The molecule has 0 radical (unpaired) electrons. The molecule has 0 fully saturated rings. The van der Waals surface area contributed by atoms with Crippen molar-refractivity contribution in [3.63, 3.8) is 0 Å². The van der Waals surface area contributed by atoms with E-state index in [-0.39, 0.29) is 5.91 Å². The Balaban J connectivity index is 1.49. The van der Waals surface area contributed by atoms with E-state index in [1.165, 1.54) is 0 Å². The number of amides is 1. The number of hydrogen-bond acceptors (Lipinski definition) is 5. The van der Waals surface area contributed by atoms with Gasteiger partial charge in [-0.15, -0.1) is 10.2 Å². The van der Waals surface area contributed by atoms with Crippen LogP contribution in [0.25, 0.3) is 16.9 Å². The fraction of sp³-hybridized carbons (Fsp3) is 0.182. The van der Waals surface area contributed by atoms with Crippen molar-refractivity contribution in [2.75, 3.05) is 5.32 Å². The maximum atomic E-state index is 12.6. The zero-order valence-electron chi connectivity index (χ0n) is 16.5. The Morgan fingerprint density at radius 3 is 2.83 bits per heavy atom. The quantitative estimate of drug-likeness (QED) is 0.563. The van der Waals surface area contributed by atoms with Crippen molar-refractivity contribution in [3.05, 3.63) is 72.1 Å². The average molecular weight is 387 g/mol. The van der Waals surface area contributed by atoms with Gasteiger partial charge < -0.3 is 10.1 Å². The molecule has 7 nitrogen and oxygen atoms in total. The van der Waals surface area contributed by atoms with Gasteiger partial charge >= 0.3 is 0 Å². The SMILES string of the molecule is Cc1ccc(C)c(OC(C)C(=O)Nc2cccc(-c3ccc4nncn4n3)c2)c1. The Hall–Kier alpha value is -3.74. The molecule has 2 aromatic heterocycles. The van der Waals surface area contributed by atoms with Gasteiger partial charge in [-0.1, -0.05) is 24.3 Å². The highest BCUT2D eigenvalue weighted by Gasteiger charge is 2.16. The van der Waals surface area contributed by atoms with E-state index in [1.807, 2.05) is 68.4 Å². The Labute approximate surface area is 168 Å². The Kier molecular flexibility index (Phi) is 4.95. The van der Waals surface area contributed by atoms with Crippen LogP contribution in [-0.4, -0.2) is 31.8 Å². The number of rotatable bonds is 5. The minimum Gasteiger partial charge on any atom is -0.481 e. The highest BCUT2D eigenvalue weighted by molar-refractivity contribution is 5.94. The highest BCUT2D eigenvalue weighted by Crippen LogP contribution is 2.23. The largest absolute Gasteiger partial charge is 0.481 e. The van der Waals surface area contributed by atoms with Gasteiger partial charge in [0.15, 0.2) is 11.8 Å². The fourth-order valence-electron chi connectivity index (χ4n) is 2.96. The normalized spacial score (nSPS) is 12.0. The average Bonchev–Trinajstić information content (AvgIpc) is 3.18. The smallest absolute Gasteiger partial charge is 0.265 e. The zero-order valence-corrected chi connectivity index (χ0v) is 16.5. The second-order valence-corrected chi connectivity index (χ2v) is 6.95. The molecule has 0 aliphatic carbocycles. The molecule has 4 aromatic rings. The van der Waals surface area contributed by atoms with Crippen molar-refractivity contribution in [1.82, 2.24) is 19.8 Å². The lowest BCUT2D eigenvalue weighted by molar-refractivity contribution is -0.122. The second-order valence-electron chi connectivity index (χ2n) is 6.95. The fourth-order valence-corrected chi connectivity index (χ4v) is 2.96. The number of benzene rings is 2. The first kappa shape index (κ1) is 18.6. The van der Waals surface area contributed by atoms with Crippen LogP contribution in [0.1, 0.15) is 18.1 Å². The zero-order chi connectivity index (χ0) is 20.4. The maximum Gasteiger partial charge on any atom is 0.265 e. The van der Waals surface area contributed by atoms with Crippen molar-refractivity contribution in [1.29, 1.82) is 0 Å². The molecule has 0 saturated carbocycles. The molecule has 1 N–H and O–H groups in total. The van der Waals surface area contributed by atoms with Crippen LogP contribution in [0.3, 0.4) is 0 Å². The minimum atomic E-state index is -0.634. The summed E-state index contributed by atoms with van der Waals surface area (Å²) in [5, 5.41) is 15.2. The Morgan fingerprint density at radius 2 is 1.97 bits per heavy atom. The monoisotopic (exact) mass is 387 g/mol. The van der Waals surface area contributed by atoms with Crippen LogP contribution in [0.2, 0.25) is 0 Å². The molecule has 0 aliphatic rings. The van der Waals surface area contributed by atoms with Crippen molar-refractivity contribution >= 4 is 17.2 Å². The lowest BCUT2D eigenvalue weighted by Gasteiger charge is -2.17. The molecule has 1 atom stereocenters. The lowest BCUT2D eigenvalue weighted by Crippen LogP contribution is -2.30. The summed E-state index contributed by atoms with van der Waals surface area (Å²) < 4.78 is 7.48. The van der Waals surface area contributed by atoms with Crippen LogP contribution >= 0.6 is 0 Å². The van der Waals surface area contributed by atoms with Crippen LogP contribution in [0, 0.1) is 13.8 Å². The third-order valence-electron chi connectivity index (χ3n) is 4.60. The van der Waals surface area contributed by atoms with E-state index in [0.29, 0.717) is 17.1 Å². The van der Waals surface area contributed by atoms with Crippen LogP contribution in [0.15, 0.2) is 60.9 Å². The van der Waals surface area contributed by atoms with Crippen molar-refractivity contribution in [2.24, 2.45) is 0 Å². The predicted molar refractivity (Wildman–Crippen MR) is 111 cm³/mol. The molecule has 0 bridgehead atoms. The van der Waals surface area contributed by atoms with Gasteiger partial charge in [0.25, 0.3) is 5.91 Å². The van der Waals surface area contributed by atoms with E-state index in [1.54, 1.807) is 17.8 Å². The standard InChI is InChI=1S/C22H21N5O2/c1-14-7-8-15(2)20(11-14)29-16(3)22(28)24-18-6-4-5-17(12-18)19-9-10-21-25-23-13-27(21)26-19/h4-13,16H,1-3H3,(H,24,28). The molecule has 146 valence electrons. The van der Waals surface area contributed by atoms with Gasteiger partial charge in [-0.25, -0.2) is 0 Å². The van der Waals surface area contributed by atoms with Gasteiger partial charge in [-0.3, -0.25) is 4.79 Å². The molecule has 7 heteroatoms. The number of hydrogen-bond donors (Lipinski definition) is 1. The molecule has 4 rings (SSSR count). The summed E-state index contributed by atoms with van der Waals surface area (Å²) in [5.74, 6) is 0.498. The second kappa shape index (κ2) is 7.71. The number of nitrogens with zero attached hydrogens (tertiary/aromatic N) is 4. The van der Waals surface area contributed by atoms with E-state index >= 15 is 0 Å². The van der Waals surface area contributed by atoms with Crippen LogP contribution in [-0.2, 0) is 4.79 Å². The summed E-state index contributed by atoms with van der Waals surface area (Å²) in [6.45, 7) is 5.69. The van der Waals surface area contributed by atoms with Crippen LogP contribution < -0.4 is 10.1 Å². The van der Waals surface area contributed by atoms with Crippen LogP contribution in [0.5, 0.6) is 5.75 Å². The summed E-state index contributed by atoms with van der Waals surface area (Å²) in [5.41, 5.74) is 5.07. The molecule has 29 heavy (non-hydrogen) atoms. The van der Waals surface area contributed by atoms with Gasteiger partial charge in [0.05, 0.1) is 5.69 Å². The van der Waals surface area contributed by atoms with Crippen LogP contribution in [0.4, 0.5) is 5.69 Å². The van der Waals surface area contributed by atoms with Crippen molar-refractivity contribution in [2.45, 2.75) is 26.9 Å². The Bertz CT molecular complexity index is 1180. The Morgan fingerprint density at radius 1 is 1.10 bits per heavy atom. The third kappa shape index (κ3) is 4.08. The third-order valence-corrected chi connectivity index (χ3v) is 4.60. The number of aryl methyl sites for hydroxylation is 2. The van der Waals surface area contributed by atoms with E-state index in [0.717, 1.165) is 22.4 Å². The van der Waals surface area contributed by atoms with E-state index in [2.05, 4.69) is 20.6 Å². The summed E-state index contributed by atoms with van der Waals surface area (Å²) in [7, 11) is 0. The van der Waals surface area contributed by atoms with Gasteiger partial charge in [-0.2, -0.15) is 9.61 Å². The molecule has 1 amide bonds. The number of nitrogens with one attached hydrogen (secondary N) is 1. The molecular formula is C22H21N5O2. The first-order valence-electron chi connectivity index (χ1n) is 9.32. The number of carbonyl (C=O) groups is 1. The minimum absolute atomic E-state index is 0.217. The molecule has 0 aliphatic heterocycles. The van der Waals surface area contributed by atoms with E-state index in [4.69, 9.17) is 4.74 Å². The molecule has 1 unspecified atom stereocenters. The number of ether oxygens (including phenoxy) is 1. The summed E-state index contributed by atoms with van der Waals surface area (Å²) in [4.78, 5) is 12.6. The van der Waals surface area contributed by atoms with Crippen molar-refractivity contribution < 1.29 is 9.53 Å². The number of fused-ring (bicyclic) bond motifs is 1. The summed E-state index contributed by atoms with van der Waals surface area (Å²) in [6, 6.07) is 17.2. The molecule has 0 spiro atoms. The molecular weight excluding hydrogens is 366 g/mol. The number of anilines is 1. The first-order chi connectivity index (χ1) is 14.0. The van der Waals surface area contributed by atoms with Crippen molar-refractivity contribution in [3.8, 4) is 17.0 Å². The van der Waals surface area contributed by atoms with Gasteiger partial charge in [0, 0.05) is 11.3 Å². The highest BCUT2D eigenvalue weighted by atomic mass is 16.5. The summed E-state index contributed by atoms with van der Waals surface area (Å²) >= 11 is 0.